The van der Waals surface area contributed by atoms with E-state index in [0.29, 0.717) is 48.7 Å². The highest BCUT2D eigenvalue weighted by Crippen LogP contribution is 2.41. The first-order valence-corrected chi connectivity index (χ1v) is 12.2. The lowest BCUT2D eigenvalue weighted by Crippen LogP contribution is -2.42. The van der Waals surface area contributed by atoms with Gasteiger partial charge < -0.3 is 24.5 Å². The minimum atomic E-state index is -0.774. The number of aromatic amines is 1. The number of benzene rings is 1. The Balaban J connectivity index is 1.80. The van der Waals surface area contributed by atoms with Crippen LogP contribution in [0.1, 0.15) is 38.9 Å². The number of aliphatic hydroxyl groups excluding tert-OH is 1. The Labute approximate surface area is 211 Å². The predicted molar refractivity (Wildman–Crippen MR) is 132 cm³/mol. The molecular formula is C25H28BrN3O6. The number of carbonyl (C=O) groups excluding carboxylic acids is 3. The van der Waals surface area contributed by atoms with Crippen molar-refractivity contribution >= 4 is 39.3 Å². The number of ketones is 1. The normalized spacial score (nSPS) is 20.5. The van der Waals surface area contributed by atoms with Crippen molar-refractivity contribution in [3.63, 3.8) is 0 Å². The molecule has 2 N–H and O–H groups in total. The van der Waals surface area contributed by atoms with E-state index in [0.717, 1.165) is 17.6 Å². The van der Waals surface area contributed by atoms with Crippen molar-refractivity contribution in [1.82, 2.24) is 14.8 Å². The zero-order valence-electron chi connectivity index (χ0n) is 19.9. The monoisotopic (exact) mass is 545 g/mol. The molecule has 4 rings (SSSR count). The van der Waals surface area contributed by atoms with Crippen molar-refractivity contribution in [1.29, 1.82) is 0 Å². The highest BCUT2D eigenvalue weighted by molar-refractivity contribution is 9.10. The molecule has 1 aromatic heterocycles. The molecule has 2 saturated heterocycles. The average molecular weight is 546 g/mol. The van der Waals surface area contributed by atoms with E-state index in [-0.39, 0.29) is 17.0 Å². The van der Waals surface area contributed by atoms with Gasteiger partial charge in [0.1, 0.15) is 11.5 Å². The number of nitrogens with one attached hydrogen (secondary N) is 1. The van der Waals surface area contributed by atoms with Crippen molar-refractivity contribution in [2.24, 2.45) is 0 Å². The number of aryl methyl sites for hydroxylation is 1. The number of methoxy groups -OCH3 is 1. The fourth-order valence-corrected chi connectivity index (χ4v) is 5.17. The third kappa shape index (κ3) is 4.78. The maximum absolute atomic E-state index is 13.3. The van der Waals surface area contributed by atoms with Gasteiger partial charge in [-0.25, -0.2) is 4.79 Å². The number of carbonyl (C=O) groups is 3. The smallest absolute Gasteiger partial charge is 0.354 e. The molecule has 0 aliphatic carbocycles. The van der Waals surface area contributed by atoms with Crippen LogP contribution in [0.3, 0.4) is 0 Å². The topological polar surface area (TPSA) is 112 Å². The predicted octanol–water partition coefficient (Wildman–Crippen LogP) is 2.93. The number of esters is 1. The van der Waals surface area contributed by atoms with Crippen molar-refractivity contribution < 1.29 is 29.0 Å². The first kappa shape index (κ1) is 25.2. The lowest BCUT2D eigenvalue weighted by atomic mass is 9.94. The molecule has 2 aliphatic heterocycles. The van der Waals surface area contributed by atoms with E-state index in [1.165, 1.54) is 12.0 Å². The highest BCUT2D eigenvalue weighted by atomic mass is 79.9. The Morgan fingerprint density at radius 3 is 2.60 bits per heavy atom. The van der Waals surface area contributed by atoms with Gasteiger partial charge in [-0.15, -0.1) is 0 Å². The number of morpholine rings is 1. The number of rotatable bonds is 6. The molecule has 2 fully saturated rings. The number of likely N-dealkylation sites (tertiary alicyclic amines) is 1. The van der Waals surface area contributed by atoms with E-state index in [9.17, 15) is 19.5 Å². The van der Waals surface area contributed by atoms with Gasteiger partial charge in [-0.2, -0.15) is 0 Å². The van der Waals surface area contributed by atoms with Gasteiger partial charge in [-0.3, -0.25) is 14.5 Å². The van der Waals surface area contributed by atoms with Gasteiger partial charge in [-0.05, 0) is 37.1 Å². The molecule has 0 saturated carbocycles. The Morgan fingerprint density at radius 1 is 1.23 bits per heavy atom. The summed E-state index contributed by atoms with van der Waals surface area (Å²) in [6, 6.07) is 6.56. The molecule has 10 heteroatoms. The van der Waals surface area contributed by atoms with Crippen molar-refractivity contribution in [3.05, 3.63) is 62.4 Å². The molecule has 1 amide bonds. The second-order valence-electron chi connectivity index (χ2n) is 8.62. The summed E-state index contributed by atoms with van der Waals surface area (Å²) in [7, 11) is 1.27. The van der Waals surface area contributed by atoms with Crippen LogP contribution in [0.15, 0.2) is 34.3 Å². The quantitative estimate of drug-likeness (QED) is 0.248. The van der Waals surface area contributed by atoms with E-state index < -0.39 is 23.7 Å². The van der Waals surface area contributed by atoms with E-state index in [1.807, 2.05) is 24.3 Å². The number of aromatic nitrogens is 1. The number of nitrogens with zero attached hydrogens (tertiary/aromatic N) is 2. The minimum absolute atomic E-state index is 0.00306. The number of aliphatic hydroxyl groups is 1. The van der Waals surface area contributed by atoms with Crippen LogP contribution >= 0.6 is 15.9 Å². The van der Waals surface area contributed by atoms with E-state index in [2.05, 4.69) is 25.8 Å². The number of H-pyrrole nitrogens is 1. The van der Waals surface area contributed by atoms with E-state index in [4.69, 9.17) is 9.47 Å². The van der Waals surface area contributed by atoms with Crippen LogP contribution in [0.25, 0.3) is 5.76 Å². The minimum Gasteiger partial charge on any atom is -0.507 e. The third-order valence-corrected chi connectivity index (χ3v) is 7.02. The molecule has 0 unspecified atom stereocenters. The van der Waals surface area contributed by atoms with Gasteiger partial charge in [-0.1, -0.05) is 28.1 Å². The summed E-state index contributed by atoms with van der Waals surface area (Å²) in [5, 5.41) is 11.4. The van der Waals surface area contributed by atoms with Gasteiger partial charge in [0.2, 0.25) is 0 Å². The highest BCUT2D eigenvalue weighted by Gasteiger charge is 2.46. The number of hydrogen-bond acceptors (Lipinski definition) is 7. The van der Waals surface area contributed by atoms with Crippen molar-refractivity contribution in [2.75, 3.05) is 46.5 Å². The van der Waals surface area contributed by atoms with Gasteiger partial charge in [0.25, 0.3) is 11.7 Å². The zero-order valence-corrected chi connectivity index (χ0v) is 21.5. The average Bonchev–Trinajstić information content (AvgIpc) is 3.29. The standard InChI is InChI=1S/C25H28BrN3O6/c1-14-18(15(2)27-20(14)25(33)34-3)22(30)19-21(16-5-4-6-17(26)13-16)29(24(32)23(19)31)8-7-28-9-11-35-12-10-28/h4-6,13,21,27,30H,7-12H2,1-3H3/t21-/m1/s1. The van der Waals surface area contributed by atoms with Crippen LogP contribution in [-0.4, -0.2) is 84.1 Å². The fourth-order valence-electron chi connectivity index (χ4n) is 4.75. The zero-order chi connectivity index (χ0) is 25.3. The molecule has 9 nitrogen and oxygen atoms in total. The van der Waals surface area contributed by atoms with E-state index in [1.54, 1.807) is 13.8 Å². The second kappa shape index (κ2) is 10.3. The summed E-state index contributed by atoms with van der Waals surface area (Å²) in [6.07, 6.45) is 0. The largest absolute Gasteiger partial charge is 0.507 e. The molecule has 0 spiro atoms. The number of halogens is 1. The Kier molecular flexibility index (Phi) is 7.44. The van der Waals surface area contributed by atoms with Crippen LogP contribution in [-0.2, 0) is 19.1 Å². The van der Waals surface area contributed by atoms with Gasteiger partial charge >= 0.3 is 5.97 Å². The Hall–Kier alpha value is -2.95. The summed E-state index contributed by atoms with van der Waals surface area (Å²) >= 11 is 3.47. The first-order valence-electron chi connectivity index (χ1n) is 11.4. The molecule has 2 aromatic rings. The SMILES string of the molecule is COC(=O)c1[nH]c(C)c(C(O)=C2C(=O)C(=O)N(CCN3CCOCC3)[C@@H]2c2cccc(Br)c2)c1C. The Bertz CT molecular complexity index is 1200. The lowest BCUT2D eigenvalue weighted by molar-refractivity contribution is -0.140. The van der Waals surface area contributed by atoms with Crippen LogP contribution < -0.4 is 0 Å². The molecule has 35 heavy (non-hydrogen) atoms. The van der Waals surface area contributed by atoms with Crippen LogP contribution in [0.5, 0.6) is 0 Å². The van der Waals surface area contributed by atoms with Gasteiger partial charge in [0.15, 0.2) is 0 Å². The van der Waals surface area contributed by atoms with Crippen molar-refractivity contribution in [2.45, 2.75) is 19.9 Å². The molecular weight excluding hydrogens is 518 g/mol. The maximum Gasteiger partial charge on any atom is 0.354 e. The third-order valence-electron chi connectivity index (χ3n) is 6.53. The summed E-state index contributed by atoms with van der Waals surface area (Å²) in [6.45, 7) is 7.01. The summed E-state index contributed by atoms with van der Waals surface area (Å²) in [5.41, 5.74) is 2.13. The number of amides is 1. The second-order valence-corrected chi connectivity index (χ2v) is 9.53. The molecule has 2 aliphatic rings. The van der Waals surface area contributed by atoms with Crippen LogP contribution in [0.4, 0.5) is 0 Å². The van der Waals surface area contributed by atoms with E-state index >= 15 is 0 Å². The number of Topliss-reactive ketones (excluding diaryl/α,β-unsaturated/α-hetero) is 1. The molecule has 186 valence electrons. The summed E-state index contributed by atoms with van der Waals surface area (Å²) in [4.78, 5) is 45.3. The van der Waals surface area contributed by atoms with Crippen LogP contribution in [0.2, 0.25) is 0 Å². The lowest BCUT2D eigenvalue weighted by Gasteiger charge is -2.31. The Morgan fingerprint density at radius 2 is 1.94 bits per heavy atom. The van der Waals surface area contributed by atoms with Gasteiger partial charge in [0, 0.05) is 41.9 Å². The van der Waals surface area contributed by atoms with Crippen molar-refractivity contribution in [3.8, 4) is 0 Å². The maximum atomic E-state index is 13.3. The molecule has 1 atom stereocenters. The molecule has 0 radical (unpaired) electrons. The van der Waals surface area contributed by atoms with Gasteiger partial charge in [0.05, 0.1) is 31.9 Å². The first-order chi connectivity index (χ1) is 16.7. The number of hydrogen-bond donors (Lipinski definition) is 2. The number of ether oxygens (including phenoxy) is 2. The summed E-state index contributed by atoms with van der Waals surface area (Å²) in [5.74, 6) is -2.32. The van der Waals surface area contributed by atoms with Crippen LogP contribution in [0, 0.1) is 13.8 Å². The molecule has 0 bridgehead atoms. The molecule has 1 aromatic carbocycles. The summed E-state index contributed by atoms with van der Waals surface area (Å²) < 4.78 is 11.0. The fraction of sp³-hybridized carbons (Fsp3) is 0.400. The molecule has 3 heterocycles.